The standard InChI is InChI=1S/C68H80N8O8/c1-5-9-13-17-45-49-29-51-46(18-14-10-6-2)53-31-55-48(20-16-12-8-4)56-32-54-47(19-15-11-7-3)52-30-50(45)62-58(34-74-26-22-70-38-74)64(52)80-43-82-66(54)60(36-76-28-24-72-40-76)68(56)84-44-83-67(55)59(35-75-27-23-71-39-75)65(53)81-42-79-63(51)57(61(49)77-41-78-62)33-73-25-21-69-37-73/h21-32,37-40,45-48H,5-20,33-36,41-44H2,1-4H3. The van der Waals surface area contributed by atoms with Gasteiger partial charge in [-0.2, -0.15) is 0 Å². The summed E-state index contributed by atoms with van der Waals surface area (Å²) >= 11 is 0. The van der Waals surface area contributed by atoms with Gasteiger partial charge in [-0.05, 0) is 49.9 Å². The quantitative estimate of drug-likeness (QED) is 0.0531. The number of benzene rings is 4. The fraction of sp³-hybridized carbons (Fsp3) is 0.471. The van der Waals surface area contributed by atoms with Gasteiger partial charge in [0, 0.05) is 118 Å². The Morgan fingerprint density at radius 3 is 0.679 bits per heavy atom. The minimum atomic E-state index is -0.164. The molecule has 0 radical (unpaired) electrons. The first-order valence-corrected chi connectivity index (χ1v) is 31.2. The molecule has 0 N–H and O–H groups in total. The van der Waals surface area contributed by atoms with Crippen LogP contribution in [0.1, 0.15) is 221 Å². The zero-order valence-electron chi connectivity index (χ0n) is 49.4. The topological polar surface area (TPSA) is 145 Å². The van der Waals surface area contributed by atoms with Gasteiger partial charge >= 0.3 is 0 Å². The third-order valence-electron chi connectivity index (χ3n) is 18.1. The number of unbranched alkanes of at least 4 members (excludes halogenated alkanes) is 8. The van der Waals surface area contributed by atoms with Gasteiger partial charge in [0.2, 0.25) is 27.2 Å². The summed E-state index contributed by atoms with van der Waals surface area (Å²) in [6.45, 7) is 10.8. The van der Waals surface area contributed by atoms with Gasteiger partial charge in [-0.25, -0.2) is 19.9 Å². The van der Waals surface area contributed by atoms with Crippen molar-refractivity contribution < 1.29 is 37.9 Å². The lowest BCUT2D eigenvalue weighted by molar-refractivity contribution is 0.0939. The van der Waals surface area contributed by atoms with Gasteiger partial charge in [-0.15, -0.1) is 0 Å². The van der Waals surface area contributed by atoms with Crippen molar-refractivity contribution in [1.29, 1.82) is 0 Å². The molecular weight excluding hydrogens is 1060 g/mol. The molecule has 0 spiro atoms. The van der Waals surface area contributed by atoms with Crippen molar-refractivity contribution in [3.8, 4) is 46.0 Å². The number of ether oxygens (including phenoxy) is 8. The van der Waals surface area contributed by atoms with Gasteiger partial charge in [-0.1, -0.05) is 105 Å². The predicted octanol–water partition coefficient (Wildman–Crippen LogP) is 14.7. The zero-order chi connectivity index (χ0) is 56.9. The highest BCUT2D eigenvalue weighted by Crippen LogP contribution is 2.59. The van der Waals surface area contributed by atoms with E-state index in [2.05, 4.69) is 90.2 Å². The van der Waals surface area contributed by atoms with Gasteiger partial charge in [0.1, 0.15) is 46.0 Å². The van der Waals surface area contributed by atoms with Crippen LogP contribution in [0.3, 0.4) is 0 Å². The lowest BCUT2D eigenvalue weighted by atomic mass is 9.74. The molecule has 0 unspecified atom stereocenters. The summed E-state index contributed by atoms with van der Waals surface area (Å²) < 4.78 is 66.2. The summed E-state index contributed by atoms with van der Waals surface area (Å²) in [5.41, 5.74) is 12.8. The van der Waals surface area contributed by atoms with Crippen molar-refractivity contribution in [2.24, 2.45) is 0 Å². The van der Waals surface area contributed by atoms with Crippen molar-refractivity contribution in [1.82, 2.24) is 38.2 Å². The average Bonchev–Trinajstić information content (AvgIpc) is 1.21. The molecule has 8 heterocycles. The van der Waals surface area contributed by atoms with Crippen molar-refractivity contribution in [2.45, 2.75) is 180 Å². The lowest BCUT2D eigenvalue weighted by Gasteiger charge is -2.38. The van der Waals surface area contributed by atoms with E-state index in [-0.39, 0.29) is 50.8 Å². The number of imidazole rings is 4. The van der Waals surface area contributed by atoms with Crippen LogP contribution in [0.5, 0.6) is 46.0 Å². The number of hydrogen-bond donors (Lipinski definition) is 0. The van der Waals surface area contributed by atoms with Gasteiger partial charge in [0.15, 0.2) is 0 Å². The first-order chi connectivity index (χ1) is 41.5. The second kappa shape index (κ2) is 25.1. The molecule has 4 aromatic carbocycles. The number of aromatic nitrogens is 8. The minimum Gasteiger partial charge on any atom is -0.457 e. The Labute approximate surface area is 493 Å². The molecule has 16 nitrogen and oxygen atoms in total. The molecule has 0 saturated heterocycles. The maximum atomic E-state index is 7.22. The monoisotopic (exact) mass is 1140 g/mol. The molecule has 13 rings (SSSR count). The molecule has 440 valence electrons. The molecule has 5 aliphatic rings. The Morgan fingerprint density at radius 1 is 0.310 bits per heavy atom. The third-order valence-corrected chi connectivity index (χ3v) is 18.1. The van der Waals surface area contributed by atoms with E-state index in [1.54, 1.807) is 0 Å². The summed E-state index contributed by atoms with van der Waals surface area (Å²) in [5.74, 6) is 5.61. The Kier molecular flexibility index (Phi) is 16.6. The first kappa shape index (κ1) is 55.3. The summed E-state index contributed by atoms with van der Waals surface area (Å²) in [7, 11) is 0. The summed E-state index contributed by atoms with van der Waals surface area (Å²) in [5, 5.41) is 0. The van der Waals surface area contributed by atoms with E-state index < -0.39 is 0 Å². The van der Waals surface area contributed by atoms with Gasteiger partial charge < -0.3 is 56.2 Å². The van der Waals surface area contributed by atoms with Crippen LogP contribution >= 0.6 is 0 Å². The molecule has 1 aliphatic carbocycles. The molecule has 84 heavy (non-hydrogen) atoms. The number of nitrogens with zero attached hydrogens (tertiary/aromatic N) is 8. The Hall–Kier alpha value is -7.88. The largest absolute Gasteiger partial charge is 0.457 e. The Bertz CT molecular complexity index is 2940. The van der Waals surface area contributed by atoms with E-state index in [0.717, 1.165) is 215 Å². The van der Waals surface area contributed by atoms with Crippen LogP contribution in [0.2, 0.25) is 0 Å². The van der Waals surface area contributed by atoms with Crippen LogP contribution in [0, 0.1) is 0 Å². The molecular formula is C68H80N8O8. The van der Waals surface area contributed by atoms with E-state index in [4.69, 9.17) is 37.9 Å². The van der Waals surface area contributed by atoms with Crippen molar-refractivity contribution >= 4 is 0 Å². The van der Waals surface area contributed by atoms with Crippen LogP contribution in [0.25, 0.3) is 0 Å². The molecule has 0 fully saturated rings. The van der Waals surface area contributed by atoms with Gasteiger partial charge in [0.25, 0.3) is 0 Å². The van der Waals surface area contributed by atoms with Crippen LogP contribution in [-0.4, -0.2) is 65.4 Å². The fourth-order valence-electron chi connectivity index (χ4n) is 14.2. The summed E-state index contributed by atoms with van der Waals surface area (Å²) in [4.78, 5) is 18.2. The maximum Gasteiger partial charge on any atom is 0.230 e. The predicted molar refractivity (Wildman–Crippen MR) is 320 cm³/mol. The average molecular weight is 1140 g/mol. The fourth-order valence-corrected chi connectivity index (χ4v) is 14.2. The van der Waals surface area contributed by atoms with Crippen molar-refractivity contribution in [3.05, 3.63) is 166 Å². The van der Waals surface area contributed by atoms with Crippen LogP contribution in [0.4, 0.5) is 0 Å². The lowest BCUT2D eigenvalue weighted by Crippen LogP contribution is -2.26. The molecule has 8 bridgehead atoms. The van der Waals surface area contributed by atoms with E-state index in [1.165, 1.54) is 0 Å². The highest BCUT2D eigenvalue weighted by atomic mass is 16.7. The maximum absolute atomic E-state index is 7.22. The second-order valence-electron chi connectivity index (χ2n) is 23.5. The summed E-state index contributed by atoms with van der Waals surface area (Å²) in [6, 6.07) is 9.93. The van der Waals surface area contributed by atoms with E-state index in [9.17, 15) is 0 Å². The Balaban J connectivity index is 1.21. The first-order valence-electron chi connectivity index (χ1n) is 31.2. The van der Waals surface area contributed by atoms with E-state index >= 15 is 0 Å². The van der Waals surface area contributed by atoms with Crippen molar-refractivity contribution in [2.75, 3.05) is 27.2 Å². The number of hydrogen-bond acceptors (Lipinski definition) is 12. The smallest absolute Gasteiger partial charge is 0.230 e. The third kappa shape index (κ3) is 10.7. The molecule has 16 heteroatoms. The zero-order valence-corrected chi connectivity index (χ0v) is 49.4. The van der Waals surface area contributed by atoms with Crippen LogP contribution in [0.15, 0.2) is 99.1 Å². The second-order valence-corrected chi connectivity index (χ2v) is 23.5. The van der Waals surface area contributed by atoms with E-state index in [0.29, 0.717) is 26.2 Å². The van der Waals surface area contributed by atoms with Crippen molar-refractivity contribution in [3.63, 3.8) is 0 Å². The highest BCUT2D eigenvalue weighted by molar-refractivity contribution is 5.70. The molecule has 8 aromatic rings. The molecule has 4 aromatic heterocycles. The molecule has 4 aliphatic heterocycles. The SMILES string of the molecule is CCCCCC1c2cc3c4c(Cn5ccnc5)c2OCOc2c1cc1c(c2Cn2ccnc2)OCOc2c(cc5c(c2Cn2ccnc2)OCOc2c(cc(c(c2Cn2ccnc2)OCO4)C3CCCCC)C5CCCCC)C1CCCCC. The normalized spacial score (nSPS) is 17.9. The van der Waals surface area contributed by atoms with Crippen LogP contribution < -0.4 is 37.9 Å². The van der Waals surface area contributed by atoms with Crippen LogP contribution in [-0.2, 0) is 26.2 Å². The minimum absolute atomic E-state index is 0.0431. The summed E-state index contributed by atoms with van der Waals surface area (Å²) in [6.07, 6.45) is 39.0. The molecule has 0 saturated carbocycles. The van der Waals surface area contributed by atoms with E-state index in [1.807, 2.05) is 74.9 Å². The molecule has 0 atom stereocenters. The van der Waals surface area contributed by atoms with Gasteiger partial charge in [0.05, 0.1) is 73.7 Å². The molecule has 0 amide bonds. The highest BCUT2D eigenvalue weighted by Gasteiger charge is 2.42. The van der Waals surface area contributed by atoms with Gasteiger partial charge in [-0.3, -0.25) is 0 Å². The number of rotatable bonds is 24. The Morgan fingerprint density at radius 2 is 0.512 bits per heavy atom.